The van der Waals surface area contributed by atoms with Crippen molar-refractivity contribution in [3.05, 3.63) is 58.6 Å². The Morgan fingerprint density at radius 1 is 1.13 bits per heavy atom. The highest BCUT2D eigenvalue weighted by Gasteiger charge is 2.20. The minimum Gasteiger partial charge on any atom is -0.322 e. The Kier molecular flexibility index (Phi) is 4.87. The fourth-order valence-corrected chi connectivity index (χ4v) is 3.74. The van der Waals surface area contributed by atoms with Crippen LogP contribution in [0.3, 0.4) is 0 Å². The third-order valence-electron chi connectivity index (χ3n) is 3.72. The number of hydrogen-bond donors (Lipinski definition) is 1. The highest BCUT2D eigenvalue weighted by atomic mass is 35.5. The Labute approximate surface area is 142 Å². The van der Waals surface area contributed by atoms with Gasteiger partial charge in [0.25, 0.3) is 5.91 Å². The molecule has 3 rings (SSSR count). The van der Waals surface area contributed by atoms with Crippen molar-refractivity contribution in [2.45, 2.75) is 29.4 Å². The summed E-state index contributed by atoms with van der Waals surface area (Å²) in [5, 5.41) is 3.73. The summed E-state index contributed by atoms with van der Waals surface area (Å²) in [4.78, 5) is 13.1. The Balaban J connectivity index is 1.75. The smallest absolute Gasteiger partial charge is 0.255 e. The van der Waals surface area contributed by atoms with Crippen LogP contribution in [-0.4, -0.2) is 11.2 Å². The quantitative estimate of drug-likeness (QED) is 0.784. The van der Waals surface area contributed by atoms with E-state index in [1.165, 1.54) is 12.5 Å². The van der Waals surface area contributed by atoms with Gasteiger partial charge in [0.1, 0.15) is 0 Å². The molecule has 1 N–H and O–H groups in total. The molecule has 2 aromatic rings. The zero-order valence-electron chi connectivity index (χ0n) is 12.1. The first-order chi connectivity index (χ1) is 11.0. The topological polar surface area (TPSA) is 29.1 Å². The van der Waals surface area contributed by atoms with Crippen LogP contribution in [0.25, 0.3) is 0 Å². The molecule has 1 aliphatic carbocycles. The summed E-state index contributed by atoms with van der Waals surface area (Å²) in [6, 6.07) is 8.28. The van der Waals surface area contributed by atoms with Crippen molar-refractivity contribution in [3.63, 3.8) is 0 Å². The molecule has 0 bridgehead atoms. The Morgan fingerprint density at radius 2 is 1.91 bits per heavy atom. The van der Waals surface area contributed by atoms with E-state index in [9.17, 15) is 13.6 Å². The van der Waals surface area contributed by atoms with Crippen LogP contribution in [0, 0.1) is 11.6 Å². The van der Waals surface area contributed by atoms with Crippen molar-refractivity contribution in [2.24, 2.45) is 0 Å². The Bertz CT molecular complexity index is 749. The van der Waals surface area contributed by atoms with Crippen LogP contribution < -0.4 is 5.32 Å². The standard InChI is InChI=1S/C17H14ClF2NOS/c18-13-6-4-10(8-16(13)23-12-2-1-3-12)17(22)21-11-5-7-14(19)15(20)9-11/h4-9,12H,1-3H2,(H,21,22). The largest absolute Gasteiger partial charge is 0.322 e. The fourth-order valence-electron chi connectivity index (χ4n) is 2.18. The van der Waals surface area contributed by atoms with Crippen molar-refractivity contribution >= 4 is 35.0 Å². The molecule has 6 heteroatoms. The van der Waals surface area contributed by atoms with Crippen molar-refractivity contribution in [2.75, 3.05) is 5.32 Å². The molecule has 2 nitrogen and oxygen atoms in total. The molecule has 0 aromatic heterocycles. The molecule has 2 aromatic carbocycles. The molecule has 0 aliphatic heterocycles. The number of rotatable bonds is 4. The van der Waals surface area contributed by atoms with Gasteiger partial charge in [0, 0.05) is 27.5 Å². The van der Waals surface area contributed by atoms with E-state index in [0.29, 0.717) is 15.8 Å². The highest BCUT2D eigenvalue weighted by Crippen LogP contribution is 2.39. The maximum Gasteiger partial charge on any atom is 0.255 e. The van der Waals surface area contributed by atoms with Crippen molar-refractivity contribution < 1.29 is 13.6 Å². The third-order valence-corrected chi connectivity index (χ3v) is 5.55. The zero-order chi connectivity index (χ0) is 16.4. The average molecular weight is 354 g/mol. The van der Waals surface area contributed by atoms with Gasteiger partial charge in [-0.3, -0.25) is 4.79 Å². The summed E-state index contributed by atoms with van der Waals surface area (Å²) in [6.07, 6.45) is 3.55. The number of benzene rings is 2. The van der Waals surface area contributed by atoms with Gasteiger partial charge in [0.05, 0.1) is 5.02 Å². The van der Waals surface area contributed by atoms with Gasteiger partial charge in [-0.15, -0.1) is 11.8 Å². The fraction of sp³-hybridized carbons (Fsp3) is 0.235. The van der Waals surface area contributed by atoms with Crippen LogP contribution in [0.15, 0.2) is 41.3 Å². The van der Waals surface area contributed by atoms with Crippen LogP contribution in [0.4, 0.5) is 14.5 Å². The van der Waals surface area contributed by atoms with E-state index in [4.69, 9.17) is 11.6 Å². The van der Waals surface area contributed by atoms with Gasteiger partial charge in [-0.1, -0.05) is 18.0 Å². The number of amides is 1. The lowest BCUT2D eigenvalue weighted by Crippen LogP contribution is -2.14. The number of thioether (sulfide) groups is 1. The summed E-state index contributed by atoms with van der Waals surface area (Å²) in [6.45, 7) is 0. The van der Waals surface area contributed by atoms with E-state index in [0.717, 1.165) is 29.9 Å². The van der Waals surface area contributed by atoms with Gasteiger partial charge in [0.2, 0.25) is 0 Å². The minimum absolute atomic E-state index is 0.206. The first kappa shape index (κ1) is 16.3. The van der Waals surface area contributed by atoms with Crippen LogP contribution in [0.1, 0.15) is 29.6 Å². The molecule has 1 aliphatic rings. The van der Waals surface area contributed by atoms with E-state index in [1.54, 1.807) is 30.0 Å². The molecule has 1 fully saturated rings. The molecule has 0 heterocycles. The highest BCUT2D eigenvalue weighted by molar-refractivity contribution is 8.00. The van der Waals surface area contributed by atoms with Gasteiger partial charge in [0.15, 0.2) is 11.6 Å². The number of nitrogens with one attached hydrogen (secondary N) is 1. The second-order valence-corrected chi connectivity index (χ2v) is 7.15. The van der Waals surface area contributed by atoms with E-state index in [-0.39, 0.29) is 11.6 Å². The average Bonchev–Trinajstić information content (AvgIpc) is 2.48. The molecule has 0 atom stereocenters. The molecule has 0 saturated heterocycles. The molecule has 0 spiro atoms. The Hall–Kier alpha value is -1.59. The maximum atomic E-state index is 13.2. The van der Waals surface area contributed by atoms with Gasteiger partial charge >= 0.3 is 0 Å². The van der Waals surface area contributed by atoms with E-state index >= 15 is 0 Å². The van der Waals surface area contributed by atoms with Crippen LogP contribution in [0.5, 0.6) is 0 Å². The summed E-state index contributed by atoms with van der Waals surface area (Å²) in [7, 11) is 0. The molecule has 23 heavy (non-hydrogen) atoms. The number of carbonyl (C=O) groups excluding carboxylic acids is 1. The molecule has 0 unspecified atom stereocenters. The van der Waals surface area contributed by atoms with Crippen molar-refractivity contribution in [1.29, 1.82) is 0 Å². The molecule has 0 radical (unpaired) electrons. The third kappa shape index (κ3) is 3.85. The van der Waals surface area contributed by atoms with E-state index in [1.807, 2.05) is 0 Å². The summed E-state index contributed by atoms with van der Waals surface area (Å²) >= 11 is 7.86. The van der Waals surface area contributed by atoms with Gasteiger partial charge in [-0.25, -0.2) is 8.78 Å². The number of halogens is 3. The number of carbonyl (C=O) groups is 1. The lowest BCUT2D eigenvalue weighted by Gasteiger charge is -2.25. The lowest BCUT2D eigenvalue weighted by atomic mass is 10.00. The molecular formula is C17H14ClF2NOS. The van der Waals surface area contributed by atoms with Crippen LogP contribution >= 0.6 is 23.4 Å². The Morgan fingerprint density at radius 3 is 2.57 bits per heavy atom. The molecule has 1 saturated carbocycles. The predicted molar refractivity (Wildman–Crippen MR) is 89.3 cm³/mol. The second-order valence-electron chi connectivity index (χ2n) is 5.40. The molecule has 120 valence electrons. The van der Waals surface area contributed by atoms with Crippen molar-refractivity contribution in [1.82, 2.24) is 0 Å². The molecular weight excluding hydrogens is 340 g/mol. The number of hydrogen-bond acceptors (Lipinski definition) is 2. The second kappa shape index (κ2) is 6.89. The van der Waals surface area contributed by atoms with E-state index in [2.05, 4.69) is 5.32 Å². The first-order valence-electron chi connectivity index (χ1n) is 7.25. The summed E-state index contributed by atoms with van der Waals surface area (Å²) < 4.78 is 26.1. The lowest BCUT2D eigenvalue weighted by molar-refractivity contribution is 0.102. The van der Waals surface area contributed by atoms with Crippen molar-refractivity contribution in [3.8, 4) is 0 Å². The molecule has 1 amide bonds. The first-order valence-corrected chi connectivity index (χ1v) is 8.51. The van der Waals surface area contributed by atoms with Gasteiger partial charge in [-0.05, 0) is 43.2 Å². The zero-order valence-corrected chi connectivity index (χ0v) is 13.7. The normalized spacial score (nSPS) is 14.4. The monoisotopic (exact) mass is 353 g/mol. The number of anilines is 1. The SMILES string of the molecule is O=C(Nc1ccc(F)c(F)c1)c1ccc(Cl)c(SC2CCC2)c1. The van der Waals surface area contributed by atoms with Gasteiger partial charge < -0.3 is 5.32 Å². The van der Waals surface area contributed by atoms with Crippen LogP contribution in [-0.2, 0) is 0 Å². The van der Waals surface area contributed by atoms with Gasteiger partial charge in [-0.2, -0.15) is 0 Å². The maximum absolute atomic E-state index is 13.2. The predicted octanol–water partition coefficient (Wildman–Crippen LogP) is 5.52. The summed E-state index contributed by atoms with van der Waals surface area (Å²) in [5.74, 6) is -2.34. The van der Waals surface area contributed by atoms with E-state index < -0.39 is 11.6 Å². The summed E-state index contributed by atoms with van der Waals surface area (Å²) in [5.41, 5.74) is 0.637. The minimum atomic E-state index is -1.000. The van der Waals surface area contributed by atoms with Crippen LogP contribution in [0.2, 0.25) is 5.02 Å².